The van der Waals surface area contributed by atoms with Crippen LogP contribution in [-0.4, -0.2) is 24.0 Å². The first-order valence-electron chi connectivity index (χ1n) is 10.2. The number of aromatic nitrogens is 1. The van der Waals surface area contributed by atoms with E-state index in [-0.39, 0.29) is 11.9 Å². The number of nitrogens with zero attached hydrogens (tertiary/aromatic N) is 2. The van der Waals surface area contributed by atoms with Gasteiger partial charge in [-0.1, -0.05) is 54.6 Å². The van der Waals surface area contributed by atoms with Gasteiger partial charge < -0.3 is 10.2 Å². The molecule has 1 aromatic heterocycles. The van der Waals surface area contributed by atoms with Gasteiger partial charge in [0.1, 0.15) is 0 Å². The van der Waals surface area contributed by atoms with Crippen LogP contribution in [0, 0.1) is 0 Å². The molecule has 0 aliphatic heterocycles. The van der Waals surface area contributed by atoms with Crippen molar-refractivity contribution in [1.29, 1.82) is 0 Å². The summed E-state index contributed by atoms with van der Waals surface area (Å²) in [5.74, 6) is 0.00550. The molecule has 4 heteroatoms. The zero-order valence-electron chi connectivity index (χ0n) is 17.0. The van der Waals surface area contributed by atoms with Crippen LogP contribution in [0.3, 0.4) is 0 Å². The van der Waals surface area contributed by atoms with Crippen molar-refractivity contribution in [2.24, 2.45) is 0 Å². The van der Waals surface area contributed by atoms with E-state index in [1.807, 2.05) is 49.5 Å². The van der Waals surface area contributed by atoms with Gasteiger partial charge in [-0.15, -0.1) is 0 Å². The topological polar surface area (TPSA) is 45.2 Å². The highest BCUT2D eigenvalue weighted by molar-refractivity contribution is 5.79. The number of rotatable bonds is 7. The molecule has 1 amide bonds. The zero-order valence-corrected chi connectivity index (χ0v) is 17.0. The van der Waals surface area contributed by atoms with Crippen molar-refractivity contribution in [3.63, 3.8) is 0 Å². The maximum absolute atomic E-state index is 12.5. The molecule has 1 atom stereocenters. The van der Waals surface area contributed by atoms with Gasteiger partial charge in [0.25, 0.3) is 0 Å². The monoisotopic (exact) mass is 385 g/mol. The molecule has 1 fully saturated rings. The van der Waals surface area contributed by atoms with E-state index in [1.165, 1.54) is 18.4 Å². The third-order valence-electron chi connectivity index (χ3n) is 5.52. The molecule has 29 heavy (non-hydrogen) atoms. The maximum atomic E-state index is 12.5. The Labute approximate surface area is 172 Å². The standard InChI is InChI=1S/C25H27N3O/c1-18(24-15-14-23(17-26-24)28(2)22-12-13-22)27-25(29)16-19-8-10-21(11-9-19)20-6-4-3-5-7-20/h3-11,14-15,17-18,22H,12-13,16H2,1-2H3,(H,27,29)/t18-/m1/s1. The van der Waals surface area contributed by atoms with Crippen molar-refractivity contribution >= 4 is 11.6 Å². The van der Waals surface area contributed by atoms with Crippen LogP contribution in [0.25, 0.3) is 11.1 Å². The first-order chi connectivity index (χ1) is 14.1. The minimum Gasteiger partial charge on any atom is -0.370 e. The molecule has 1 N–H and O–H groups in total. The van der Waals surface area contributed by atoms with Crippen LogP contribution in [-0.2, 0) is 11.2 Å². The van der Waals surface area contributed by atoms with Crippen molar-refractivity contribution < 1.29 is 4.79 Å². The lowest BCUT2D eigenvalue weighted by atomic mass is 10.0. The van der Waals surface area contributed by atoms with E-state index in [2.05, 4.69) is 52.6 Å². The number of benzene rings is 2. The summed E-state index contributed by atoms with van der Waals surface area (Å²) in [5.41, 5.74) is 5.35. The van der Waals surface area contributed by atoms with Crippen LogP contribution in [0.5, 0.6) is 0 Å². The molecule has 0 saturated heterocycles. The Morgan fingerprint density at radius 1 is 1.03 bits per heavy atom. The van der Waals surface area contributed by atoms with E-state index < -0.39 is 0 Å². The molecule has 4 nitrogen and oxygen atoms in total. The summed E-state index contributed by atoms with van der Waals surface area (Å²) in [6.07, 6.45) is 4.79. The highest BCUT2D eigenvalue weighted by Crippen LogP contribution is 2.30. The predicted molar refractivity (Wildman–Crippen MR) is 118 cm³/mol. The molecule has 0 bridgehead atoms. The molecule has 0 unspecified atom stereocenters. The number of carbonyl (C=O) groups excluding carboxylic acids is 1. The SMILES string of the molecule is C[C@@H](NC(=O)Cc1ccc(-c2ccccc2)cc1)c1ccc(N(C)C2CC2)cn1. The Balaban J connectivity index is 1.33. The van der Waals surface area contributed by atoms with Gasteiger partial charge >= 0.3 is 0 Å². The lowest BCUT2D eigenvalue weighted by molar-refractivity contribution is -0.121. The number of anilines is 1. The van der Waals surface area contributed by atoms with Gasteiger partial charge in [-0.05, 0) is 48.6 Å². The summed E-state index contributed by atoms with van der Waals surface area (Å²) in [4.78, 5) is 19.3. The van der Waals surface area contributed by atoms with Gasteiger partial charge in [0.05, 0.1) is 30.0 Å². The van der Waals surface area contributed by atoms with Gasteiger partial charge in [0.2, 0.25) is 5.91 Å². The fourth-order valence-corrected chi connectivity index (χ4v) is 3.53. The van der Waals surface area contributed by atoms with Crippen molar-refractivity contribution in [1.82, 2.24) is 10.3 Å². The zero-order chi connectivity index (χ0) is 20.2. The van der Waals surface area contributed by atoms with Gasteiger partial charge in [0.15, 0.2) is 0 Å². The molecule has 3 aromatic rings. The third kappa shape index (κ3) is 4.83. The summed E-state index contributed by atoms with van der Waals surface area (Å²) >= 11 is 0. The summed E-state index contributed by atoms with van der Waals surface area (Å²) in [6.45, 7) is 1.98. The van der Waals surface area contributed by atoms with Crippen molar-refractivity contribution in [2.45, 2.75) is 38.3 Å². The second kappa shape index (κ2) is 8.48. The van der Waals surface area contributed by atoms with Gasteiger partial charge in [-0.2, -0.15) is 0 Å². The van der Waals surface area contributed by atoms with Gasteiger partial charge in [0, 0.05) is 13.1 Å². The molecule has 148 valence electrons. The molecular weight excluding hydrogens is 358 g/mol. The molecule has 0 spiro atoms. The van der Waals surface area contributed by atoms with E-state index in [0.29, 0.717) is 12.5 Å². The van der Waals surface area contributed by atoms with Crippen molar-refractivity contribution in [3.8, 4) is 11.1 Å². The summed E-state index contributed by atoms with van der Waals surface area (Å²) in [6, 6.07) is 23.1. The number of nitrogens with one attached hydrogen (secondary N) is 1. The third-order valence-corrected chi connectivity index (χ3v) is 5.52. The average Bonchev–Trinajstić information content (AvgIpc) is 3.60. The molecule has 0 radical (unpaired) electrons. The van der Waals surface area contributed by atoms with Crippen LogP contribution in [0.4, 0.5) is 5.69 Å². The first kappa shape index (κ1) is 19.2. The fourth-order valence-electron chi connectivity index (χ4n) is 3.53. The summed E-state index contributed by atoms with van der Waals surface area (Å²) < 4.78 is 0. The molecule has 1 aliphatic rings. The van der Waals surface area contributed by atoms with E-state index in [4.69, 9.17) is 0 Å². The molecule has 4 rings (SSSR count). The van der Waals surface area contributed by atoms with Gasteiger partial charge in [-0.25, -0.2) is 0 Å². The fraction of sp³-hybridized carbons (Fsp3) is 0.280. The van der Waals surface area contributed by atoms with E-state index in [9.17, 15) is 4.79 Å². The second-order valence-electron chi connectivity index (χ2n) is 7.81. The predicted octanol–water partition coefficient (Wildman–Crippen LogP) is 4.77. The normalized spacial score (nSPS) is 14.3. The number of amides is 1. The van der Waals surface area contributed by atoms with Crippen molar-refractivity contribution in [2.75, 3.05) is 11.9 Å². The molecule has 1 heterocycles. The lowest BCUT2D eigenvalue weighted by Gasteiger charge is -2.19. The summed E-state index contributed by atoms with van der Waals surface area (Å²) in [7, 11) is 2.11. The minimum absolute atomic E-state index is 0.00550. The molecule has 2 aromatic carbocycles. The Morgan fingerprint density at radius 3 is 2.34 bits per heavy atom. The quantitative estimate of drug-likeness (QED) is 0.637. The second-order valence-corrected chi connectivity index (χ2v) is 7.81. The van der Waals surface area contributed by atoms with E-state index in [0.717, 1.165) is 22.5 Å². The molecule has 1 saturated carbocycles. The van der Waals surface area contributed by atoms with Crippen LogP contribution in [0.2, 0.25) is 0 Å². The highest BCUT2D eigenvalue weighted by atomic mass is 16.1. The Kier molecular flexibility index (Phi) is 5.61. The average molecular weight is 386 g/mol. The summed E-state index contributed by atoms with van der Waals surface area (Å²) in [5, 5.41) is 3.06. The van der Waals surface area contributed by atoms with E-state index in [1.54, 1.807) is 0 Å². The number of pyridine rings is 1. The number of carbonyl (C=O) groups is 1. The van der Waals surface area contributed by atoms with Gasteiger partial charge in [-0.3, -0.25) is 9.78 Å². The maximum Gasteiger partial charge on any atom is 0.224 e. The smallest absolute Gasteiger partial charge is 0.224 e. The Bertz CT molecular complexity index is 948. The molecule has 1 aliphatic carbocycles. The Morgan fingerprint density at radius 2 is 1.72 bits per heavy atom. The minimum atomic E-state index is -0.119. The number of hydrogen-bond acceptors (Lipinski definition) is 3. The van der Waals surface area contributed by atoms with Crippen LogP contribution in [0.1, 0.15) is 37.1 Å². The largest absolute Gasteiger partial charge is 0.370 e. The van der Waals surface area contributed by atoms with Crippen LogP contribution < -0.4 is 10.2 Å². The lowest BCUT2D eigenvalue weighted by Crippen LogP contribution is -2.28. The first-order valence-corrected chi connectivity index (χ1v) is 10.2. The molecular formula is C25H27N3O. The van der Waals surface area contributed by atoms with Crippen LogP contribution in [0.15, 0.2) is 72.9 Å². The highest BCUT2D eigenvalue weighted by Gasteiger charge is 2.26. The van der Waals surface area contributed by atoms with E-state index >= 15 is 0 Å². The van der Waals surface area contributed by atoms with Crippen molar-refractivity contribution in [3.05, 3.63) is 84.2 Å². The van der Waals surface area contributed by atoms with Crippen LogP contribution >= 0.6 is 0 Å². The Hall–Kier alpha value is -3.14. The number of hydrogen-bond donors (Lipinski definition) is 1.